The Morgan fingerprint density at radius 3 is 1.88 bits per heavy atom. The van der Waals surface area contributed by atoms with Crippen molar-refractivity contribution in [1.82, 2.24) is 4.90 Å². The summed E-state index contributed by atoms with van der Waals surface area (Å²) in [5, 5.41) is 0. The lowest BCUT2D eigenvalue weighted by molar-refractivity contribution is 0.105. The van der Waals surface area contributed by atoms with Crippen molar-refractivity contribution < 1.29 is 4.74 Å². The maximum absolute atomic E-state index is 6.58. The molecule has 0 fully saturated rings. The number of benzene rings is 1. The molecule has 1 aromatic rings. The summed E-state index contributed by atoms with van der Waals surface area (Å²) in [5.41, 5.74) is 1.37. The van der Waals surface area contributed by atoms with E-state index >= 15 is 0 Å². The molecule has 2 nitrogen and oxygen atoms in total. The van der Waals surface area contributed by atoms with Gasteiger partial charge < -0.3 is 9.64 Å². The predicted octanol–water partition coefficient (Wildman–Crippen LogP) is 5.84. The fourth-order valence-electron chi connectivity index (χ4n) is 2.90. The molecule has 0 N–H and O–H groups in total. The van der Waals surface area contributed by atoms with Gasteiger partial charge in [0.25, 0.3) is 0 Å². The van der Waals surface area contributed by atoms with Gasteiger partial charge in [-0.1, -0.05) is 58.0 Å². The molecule has 0 amide bonds. The third-order valence-corrected chi connectivity index (χ3v) is 3.87. The summed E-state index contributed by atoms with van der Waals surface area (Å²) in [6.07, 6.45) is 2.07. The molecule has 1 aromatic carbocycles. The molecule has 0 saturated heterocycles. The Hall–Kier alpha value is -0.570. The van der Waals surface area contributed by atoms with Crippen molar-refractivity contribution in [2.45, 2.75) is 58.9 Å². The molecule has 0 heterocycles. The first-order valence-electron chi connectivity index (χ1n) is 9.13. The first-order valence-corrected chi connectivity index (χ1v) is 9.51. The summed E-state index contributed by atoms with van der Waals surface area (Å²) < 4.78 is 5.47. The molecule has 3 heteroatoms. The van der Waals surface area contributed by atoms with Crippen LogP contribution >= 0.6 is 11.6 Å². The van der Waals surface area contributed by atoms with Crippen molar-refractivity contribution in [1.29, 1.82) is 0 Å². The number of alkyl halides is 1. The number of rotatable bonds is 9. The summed E-state index contributed by atoms with van der Waals surface area (Å²) in [6, 6.07) is 10.5. The van der Waals surface area contributed by atoms with Gasteiger partial charge in [-0.15, -0.1) is 11.6 Å². The second-order valence-electron chi connectivity index (χ2n) is 7.71. The summed E-state index contributed by atoms with van der Waals surface area (Å²) >= 11 is 6.58. The zero-order valence-electron chi connectivity index (χ0n) is 16.8. The van der Waals surface area contributed by atoms with Crippen LogP contribution in [0, 0.1) is 11.8 Å². The first kappa shape index (κ1) is 23.4. The van der Waals surface area contributed by atoms with E-state index in [0.717, 1.165) is 26.0 Å². The predicted molar refractivity (Wildman–Crippen MR) is 108 cm³/mol. The average molecular weight is 356 g/mol. The Balaban J connectivity index is 0.000000463. The van der Waals surface area contributed by atoms with Gasteiger partial charge in [0.2, 0.25) is 0 Å². The topological polar surface area (TPSA) is 12.5 Å². The van der Waals surface area contributed by atoms with Gasteiger partial charge in [0.15, 0.2) is 0 Å². The minimum Gasteiger partial charge on any atom is -0.380 e. The molecule has 0 aliphatic carbocycles. The standard InChI is InChI=1S/C12H25ClO.C9H13N/c1-6-14-9-12(13,7-10(2)3)8-11(4)5;1-10(2)8-9-6-4-3-5-7-9/h10-11H,6-9H2,1-5H3;3-7H,8H2,1-2H3. The molecular formula is C21H38ClNO. The maximum Gasteiger partial charge on any atom is 0.0684 e. The average Bonchev–Trinajstić information content (AvgIpc) is 2.44. The highest BCUT2D eigenvalue weighted by Gasteiger charge is 2.29. The van der Waals surface area contributed by atoms with Crippen LogP contribution in [0.5, 0.6) is 0 Å². The highest BCUT2D eigenvalue weighted by Crippen LogP contribution is 2.31. The second-order valence-corrected chi connectivity index (χ2v) is 8.51. The van der Waals surface area contributed by atoms with Gasteiger partial charge >= 0.3 is 0 Å². The lowest BCUT2D eigenvalue weighted by Crippen LogP contribution is -2.31. The van der Waals surface area contributed by atoms with E-state index in [1.807, 2.05) is 13.0 Å². The quantitative estimate of drug-likeness (QED) is 0.516. The Labute approximate surface area is 155 Å². The minimum absolute atomic E-state index is 0.154. The van der Waals surface area contributed by atoms with E-state index in [1.54, 1.807) is 0 Å². The van der Waals surface area contributed by atoms with Gasteiger partial charge in [0, 0.05) is 13.2 Å². The second kappa shape index (κ2) is 12.7. The number of nitrogens with zero attached hydrogens (tertiary/aromatic N) is 1. The smallest absolute Gasteiger partial charge is 0.0684 e. The number of ether oxygens (including phenoxy) is 1. The van der Waals surface area contributed by atoms with E-state index in [1.165, 1.54) is 5.56 Å². The van der Waals surface area contributed by atoms with Crippen molar-refractivity contribution in [2.75, 3.05) is 27.3 Å². The van der Waals surface area contributed by atoms with Crippen LogP contribution in [0.25, 0.3) is 0 Å². The summed E-state index contributed by atoms with van der Waals surface area (Å²) in [4.78, 5) is 2.01. The Bertz CT molecular complexity index is 394. The van der Waals surface area contributed by atoms with Gasteiger partial charge in [0.05, 0.1) is 11.5 Å². The van der Waals surface area contributed by atoms with Crippen LogP contribution in [-0.4, -0.2) is 37.1 Å². The van der Waals surface area contributed by atoms with Crippen LogP contribution in [0.3, 0.4) is 0 Å². The van der Waals surface area contributed by atoms with Crippen molar-refractivity contribution in [3.8, 4) is 0 Å². The molecule has 0 aliphatic rings. The van der Waals surface area contributed by atoms with Gasteiger partial charge in [-0.3, -0.25) is 0 Å². The lowest BCUT2D eigenvalue weighted by atomic mass is 9.89. The van der Waals surface area contributed by atoms with Crippen molar-refractivity contribution >= 4 is 11.6 Å². The molecule has 0 aromatic heterocycles. The molecule has 0 bridgehead atoms. The molecule has 0 aliphatic heterocycles. The van der Waals surface area contributed by atoms with E-state index in [9.17, 15) is 0 Å². The maximum atomic E-state index is 6.58. The van der Waals surface area contributed by atoms with Crippen molar-refractivity contribution in [2.24, 2.45) is 11.8 Å². The Kier molecular flexibility index (Phi) is 12.4. The van der Waals surface area contributed by atoms with Crippen molar-refractivity contribution in [3.63, 3.8) is 0 Å². The number of halogens is 1. The van der Waals surface area contributed by atoms with Crippen LogP contribution in [0.1, 0.15) is 53.0 Å². The fraction of sp³-hybridized carbons (Fsp3) is 0.714. The van der Waals surface area contributed by atoms with Gasteiger partial charge in [-0.25, -0.2) is 0 Å². The van der Waals surface area contributed by atoms with E-state index in [-0.39, 0.29) is 4.87 Å². The van der Waals surface area contributed by atoms with Crippen LogP contribution in [0.15, 0.2) is 30.3 Å². The molecule has 0 atom stereocenters. The van der Waals surface area contributed by atoms with Gasteiger partial charge in [-0.2, -0.15) is 0 Å². The third kappa shape index (κ3) is 12.8. The molecular weight excluding hydrogens is 318 g/mol. The molecule has 0 spiro atoms. The van der Waals surface area contributed by atoms with Crippen LogP contribution < -0.4 is 0 Å². The first-order chi connectivity index (χ1) is 11.2. The minimum atomic E-state index is -0.154. The molecule has 1 rings (SSSR count). The van der Waals surface area contributed by atoms with Crippen molar-refractivity contribution in [3.05, 3.63) is 35.9 Å². The van der Waals surface area contributed by atoms with E-state index < -0.39 is 0 Å². The molecule has 0 saturated carbocycles. The largest absolute Gasteiger partial charge is 0.380 e. The lowest BCUT2D eigenvalue weighted by Gasteiger charge is -2.30. The summed E-state index contributed by atoms with van der Waals surface area (Å²) in [5.74, 6) is 1.26. The molecule has 24 heavy (non-hydrogen) atoms. The van der Waals surface area contributed by atoms with Gasteiger partial charge in [-0.05, 0) is 51.3 Å². The fourth-order valence-corrected chi connectivity index (χ4v) is 3.59. The SMILES string of the molecule is CCOCC(Cl)(CC(C)C)CC(C)C.CN(C)Cc1ccccc1. The van der Waals surface area contributed by atoms with E-state index in [2.05, 4.69) is 71.0 Å². The molecule has 0 unspecified atom stereocenters. The van der Waals surface area contributed by atoms with Crippen LogP contribution in [0.4, 0.5) is 0 Å². The van der Waals surface area contributed by atoms with Crippen LogP contribution in [0.2, 0.25) is 0 Å². The summed E-state index contributed by atoms with van der Waals surface area (Å²) in [6.45, 7) is 13.3. The Morgan fingerprint density at radius 2 is 1.50 bits per heavy atom. The highest BCUT2D eigenvalue weighted by atomic mass is 35.5. The summed E-state index contributed by atoms with van der Waals surface area (Å²) in [7, 11) is 4.15. The molecule has 0 radical (unpaired) electrons. The normalized spacial score (nSPS) is 11.8. The highest BCUT2D eigenvalue weighted by molar-refractivity contribution is 6.24. The van der Waals surface area contributed by atoms with Gasteiger partial charge in [0.1, 0.15) is 0 Å². The Morgan fingerprint density at radius 1 is 1.00 bits per heavy atom. The van der Waals surface area contributed by atoms with E-state index in [4.69, 9.17) is 16.3 Å². The van der Waals surface area contributed by atoms with Crippen LogP contribution in [-0.2, 0) is 11.3 Å². The zero-order chi connectivity index (χ0) is 18.6. The number of hydrogen-bond donors (Lipinski definition) is 0. The zero-order valence-corrected chi connectivity index (χ0v) is 17.6. The number of hydrogen-bond acceptors (Lipinski definition) is 2. The monoisotopic (exact) mass is 355 g/mol. The third-order valence-electron chi connectivity index (χ3n) is 3.45. The molecule has 140 valence electrons. The van der Waals surface area contributed by atoms with E-state index in [0.29, 0.717) is 18.4 Å².